The molecule has 6 nitrogen and oxygen atoms in total. The van der Waals surface area contributed by atoms with Crippen LogP contribution in [0, 0.1) is 13.8 Å². The van der Waals surface area contributed by atoms with Gasteiger partial charge in [0.05, 0.1) is 9.88 Å². The number of benzene rings is 1. The van der Waals surface area contributed by atoms with E-state index in [-0.39, 0.29) is 11.5 Å². The lowest BCUT2D eigenvalue weighted by Crippen LogP contribution is -2.02. The zero-order valence-electron chi connectivity index (χ0n) is 12.4. The lowest BCUT2D eigenvalue weighted by atomic mass is 10.1. The summed E-state index contributed by atoms with van der Waals surface area (Å²) in [4.78, 5) is 21.4. The first-order valence-corrected chi connectivity index (χ1v) is 7.73. The number of fused-ring (bicyclic) bond motifs is 1. The highest BCUT2D eigenvalue weighted by atomic mass is 32.1. The molecule has 0 aliphatic heterocycles. The first-order valence-electron chi connectivity index (χ1n) is 6.91. The Kier molecular flexibility index (Phi) is 3.09. The third-order valence-electron chi connectivity index (χ3n) is 3.39. The van der Waals surface area contributed by atoms with Crippen molar-refractivity contribution in [2.45, 2.75) is 13.8 Å². The van der Waals surface area contributed by atoms with Crippen molar-refractivity contribution >= 4 is 22.3 Å². The van der Waals surface area contributed by atoms with E-state index in [9.17, 15) is 4.79 Å². The van der Waals surface area contributed by atoms with E-state index >= 15 is 0 Å². The van der Waals surface area contributed by atoms with E-state index in [1.165, 1.54) is 11.3 Å². The van der Waals surface area contributed by atoms with Gasteiger partial charge in [0.25, 0.3) is 5.89 Å². The number of hydrogen-bond donors (Lipinski definition) is 0. The van der Waals surface area contributed by atoms with Gasteiger partial charge in [-0.25, -0.2) is 9.78 Å². The van der Waals surface area contributed by atoms with Crippen LogP contribution in [0.15, 0.2) is 44.2 Å². The molecule has 0 radical (unpaired) electrons. The van der Waals surface area contributed by atoms with Crippen LogP contribution in [-0.4, -0.2) is 15.1 Å². The Balaban J connectivity index is 1.84. The fourth-order valence-corrected chi connectivity index (χ4v) is 2.99. The smallest absolute Gasteiger partial charge is 0.349 e. The van der Waals surface area contributed by atoms with Gasteiger partial charge in [-0.15, -0.1) is 11.3 Å². The first-order chi connectivity index (χ1) is 11.1. The van der Waals surface area contributed by atoms with Crippen LogP contribution < -0.4 is 5.63 Å². The van der Waals surface area contributed by atoms with Crippen LogP contribution in [0.2, 0.25) is 0 Å². The minimum Gasteiger partial charge on any atom is -0.422 e. The molecule has 3 heterocycles. The predicted octanol–water partition coefficient (Wildman–Crippen LogP) is 3.58. The van der Waals surface area contributed by atoms with Gasteiger partial charge < -0.3 is 8.94 Å². The highest BCUT2D eigenvalue weighted by Gasteiger charge is 2.17. The number of hydrogen-bond acceptors (Lipinski definition) is 7. The molecule has 4 rings (SSSR count). The molecule has 0 amide bonds. The summed E-state index contributed by atoms with van der Waals surface area (Å²) in [5.41, 5.74) is 1.35. The fraction of sp³-hybridized carbons (Fsp3) is 0.125. The molecule has 0 saturated carbocycles. The van der Waals surface area contributed by atoms with Gasteiger partial charge in [-0.3, -0.25) is 0 Å². The van der Waals surface area contributed by atoms with Crippen molar-refractivity contribution in [2.24, 2.45) is 0 Å². The second-order valence-electron chi connectivity index (χ2n) is 5.16. The Morgan fingerprint density at radius 1 is 1.17 bits per heavy atom. The van der Waals surface area contributed by atoms with Crippen LogP contribution in [0.5, 0.6) is 0 Å². The van der Waals surface area contributed by atoms with Crippen molar-refractivity contribution < 1.29 is 8.94 Å². The molecule has 0 N–H and O–H groups in total. The minimum absolute atomic E-state index is 0.142. The molecule has 0 aliphatic rings. The summed E-state index contributed by atoms with van der Waals surface area (Å²) in [7, 11) is 0. The number of thiazole rings is 1. The molecule has 0 aliphatic carbocycles. The molecule has 0 spiro atoms. The van der Waals surface area contributed by atoms with Gasteiger partial charge in [0.2, 0.25) is 5.82 Å². The number of aromatic nitrogens is 3. The molecule has 0 atom stereocenters. The minimum atomic E-state index is -0.503. The lowest BCUT2D eigenvalue weighted by molar-refractivity contribution is 0.429. The van der Waals surface area contributed by atoms with E-state index in [1.54, 1.807) is 18.3 Å². The first kappa shape index (κ1) is 13.8. The molecule has 0 bridgehead atoms. The van der Waals surface area contributed by atoms with E-state index in [4.69, 9.17) is 8.94 Å². The largest absolute Gasteiger partial charge is 0.422 e. The van der Waals surface area contributed by atoms with Gasteiger partial charge in [-0.2, -0.15) is 4.98 Å². The summed E-state index contributed by atoms with van der Waals surface area (Å²) >= 11 is 1.46. The van der Waals surface area contributed by atoms with Crippen LogP contribution in [0.25, 0.3) is 33.1 Å². The maximum absolute atomic E-state index is 12.2. The highest BCUT2D eigenvalue weighted by molar-refractivity contribution is 7.14. The molecule has 1 aromatic carbocycles. The normalized spacial score (nSPS) is 11.2. The molecule has 7 heteroatoms. The molecule has 114 valence electrons. The SMILES string of the molecule is Cc1ccc2oc(=O)c(-c3nc(-c4cnc(C)s4)no3)cc2c1. The Labute approximate surface area is 134 Å². The third-order valence-corrected chi connectivity index (χ3v) is 4.29. The Bertz CT molecular complexity index is 1080. The number of nitrogens with zero attached hydrogens (tertiary/aromatic N) is 3. The highest BCUT2D eigenvalue weighted by Crippen LogP contribution is 2.26. The Morgan fingerprint density at radius 3 is 2.83 bits per heavy atom. The van der Waals surface area contributed by atoms with Crippen molar-refractivity contribution in [3.63, 3.8) is 0 Å². The van der Waals surface area contributed by atoms with E-state index in [0.717, 1.165) is 20.8 Å². The van der Waals surface area contributed by atoms with Gasteiger partial charge in [0.1, 0.15) is 11.1 Å². The van der Waals surface area contributed by atoms with E-state index in [2.05, 4.69) is 15.1 Å². The second-order valence-corrected chi connectivity index (χ2v) is 6.39. The quantitative estimate of drug-likeness (QED) is 0.524. The van der Waals surface area contributed by atoms with Gasteiger partial charge in [-0.05, 0) is 32.0 Å². The van der Waals surface area contributed by atoms with E-state index < -0.39 is 5.63 Å². The van der Waals surface area contributed by atoms with Crippen molar-refractivity contribution in [1.82, 2.24) is 15.1 Å². The molecular weight excluding hydrogens is 314 g/mol. The van der Waals surface area contributed by atoms with Gasteiger partial charge in [0, 0.05) is 11.6 Å². The maximum atomic E-state index is 12.2. The third kappa shape index (κ3) is 2.44. The number of aryl methyl sites for hydroxylation is 2. The van der Waals surface area contributed by atoms with Gasteiger partial charge in [-0.1, -0.05) is 16.8 Å². The van der Waals surface area contributed by atoms with Crippen molar-refractivity contribution in [3.05, 3.63) is 51.5 Å². The topological polar surface area (TPSA) is 82.0 Å². The monoisotopic (exact) mass is 325 g/mol. The average molecular weight is 325 g/mol. The van der Waals surface area contributed by atoms with Gasteiger partial charge in [0.15, 0.2) is 0 Å². The van der Waals surface area contributed by atoms with Gasteiger partial charge >= 0.3 is 5.63 Å². The Morgan fingerprint density at radius 2 is 2.04 bits per heavy atom. The summed E-state index contributed by atoms with van der Waals surface area (Å²) < 4.78 is 10.6. The zero-order valence-corrected chi connectivity index (χ0v) is 13.2. The number of rotatable bonds is 2. The van der Waals surface area contributed by atoms with E-state index in [0.29, 0.717) is 11.4 Å². The molecule has 0 fully saturated rings. The van der Waals surface area contributed by atoms with Crippen LogP contribution in [-0.2, 0) is 0 Å². The van der Waals surface area contributed by atoms with Crippen LogP contribution in [0.1, 0.15) is 10.6 Å². The predicted molar refractivity (Wildman–Crippen MR) is 86.4 cm³/mol. The van der Waals surface area contributed by atoms with Crippen molar-refractivity contribution in [2.75, 3.05) is 0 Å². The summed E-state index contributed by atoms with van der Waals surface area (Å²) in [5, 5.41) is 5.64. The van der Waals surface area contributed by atoms with Crippen molar-refractivity contribution in [1.29, 1.82) is 0 Å². The summed E-state index contributed by atoms with van der Waals surface area (Å²) in [6.45, 7) is 3.87. The molecule has 0 unspecified atom stereocenters. The van der Waals surface area contributed by atoms with Crippen LogP contribution in [0.4, 0.5) is 0 Å². The van der Waals surface area contributed by atoms with E-state index in [1.807, 2.05) is 26.0 Å². The molecule has 3 aromatic heterocycles. The zero-order chi connectivity index (χ0) is 16.0. The molecule has 23 heavy (non-hydrogen) atoms. The summed E-state index contributed by atoms with van der Waals surface area (Å²) in [6.07, 6.45) is 1.68. The van der Waals surface area contributed by atoms with Crippen LogP contribution >= 0.6 is 11.3 Å². The Hall–Kier alpha value is -2.80. The maximum Gasteiger partial charge on any atom is 0.349 e. The fourth-order valence-electron chi connectivity index (χ4n) is 2.29. The standard InChI is InChI=1S/C16H11N3O3S/c1-8-3-4-12-10(5-8)6-11(16(20)21-12)15-18-14(19-22-15)13-7-17-9(2)23-13/h3-7H,1-2H3. The van der Waals surface area contributed by atoms with Crippen molar-refractivity contribution in [3.8, 4) is 22.2 Å². The molecular formula is C16H11N3O3S. The molecule has 0 saturated heterocycles. The second kappa shape index (κ2) is 5.13. The van der Waals surface area contributed by atoms with Crippen LogP contribution in [0.3, 0.4) is 0 Å². The summed E-state index contributed by atoms with van der Waals surface area (Å²) in [6, 6.07) is 7.31. The summed E-state index contributed by atoms with van der Waals surface area (Å²) in [5.74, 6) is 0.553. The lowest BCUT2D eigenvalue weighted by Gasteiger charge is -1.99. The average Bonchev–Trinajstić information content (AvgIpc) is 3.16. The molecule has 4 aromatic rings.